The molecule has 0 aromatic heterocycles. The highest BCUT2D eigenvalue weighted by atomic mass is 16.6. The van der Waals surface area contributed by atoms with Crippen LogP contribution in [-0.4, -0.2) is 36.0 Å². The topological polar surface area (TPSA) is 81.9 Å². The molecule has 0 spiro atoms. The Balaban J connectivity index is 2.07. The summed E-state index contributed by atoms with van der Waals surface area (Å²) < 4.78 is 10.5. The quantitative estimate of drug-likeness (QED) is 0.495. The Morgan fingerprint density at radius 3 is 2.48 bits per heavy atom. The van der Waals surface area contributed by atoms with Gasteiger partial charge in [0.25, 0.3) is 5.91 Å². The lowest BCUT2D eigenvalue weighted by Gasteiger charge is -2.22. The molecular formula is C20H24N2O5. The van der Waals surface area contributed by atoms with E-state index in [1.807, 2.05) is 38.1 Å². The third-order valence-electron chi connectivity index (χ3n) is 4.05. The maximum absolute atomic E-state index is 12.6. The zero-order chi connectivity index (χ0) is 19.8. The van der Waals surface area contributed by atoms with E-state index in [9.17, 15) is 14.9 Å². The van der Waals surface area contributed by atoms with Crippen molar-refractivity contribution in [3.8, 4) is 11.5 Å². The first-order chi connectivity index (χ1) is 12.9. The van der Waals surface area contributed by atoms with E-state index in [2.05, 4.69) is 0 Å². The fourth-order valence-electron chi connectivity index (χ4n) is 2.60. The summed E-state index contributed by atoms with van der Waals surface area (Å²) in [4.78, 5) is 24.9. The number of hydrogen-bond donors (Lipinski definition) is 0. The van der Waals surface area contributed by atoms with E-state index in [1.54, 1.807) is 11.0 Å². The summed E-state index contributed by atoms with van der Waals surface area (Å²) in [6.45, 7) is 4.79. The summed E-state index contributed by atoms with van der Waals surface area (Å²) in [5.41, 5.74) is 1.95. The highest BCUT2D eigenvalue weighted by molar-refractivity contribution is 5.78. The van der Waals surface area contributed by atoms with Gasteiger partial charge in [-0.25, -0.2) is 0 Å². The van der Waals surface area contributed by atoms with Crippen molar-refractivity contribution in [1.82, 2.24) is 4.90 Å². The molecule has 0 aliphatic carbocycles. The first-order valence-corrected chi connectivity index (χ1v) is 8.73. The molecule has 2 aromatic carbocycles. The van der Waals surface area contributed by atoms with Gasteiger partial charge < -0.3 is 14.4 Å². The number of methoxy groups -OCH3 is 1. The predicted octanol–water partition coefficient (Wildman–Crippen LogP) is 3.73. The van der Waals surface area contributed by atoms with Gasteiger partial charge in [0.2, 0.25) is 0 Å². The first kappa shape index (κ1) is 20.2. The van der Waals surface area contributed by atoms with Crippen LogP contribution in [0.4, 0.5) is 5.69 Å². The van der Waals surface area contributed by atoms with Crippen molar-refractivity contribution in [2.75, 3.05) is 20.3 Å². The number of nitro benzene ring substituents is 1. The first-order valence-electron chi connectivity index (χ1n) is 8.73. The molecule has 27 heavy (non-hydrogen) atoms. The standard InChI is InChI=1S/C20H24N2O5/c1-4-11-21(13-16-7-5-15(2)6-8-16)20(23)14-27-19-10-9-17(26-3)12-18(19)22(24)25/h5-10,12H,4,11,13-14H2,1-3H3. The maximum Gasteiger partial charge on any atom is 0.314 e. The van der Waals surface area contributed by atoms with Gasteiger partial charge in [0.15, 0.2) is 12.4 Å². The number of carbonyl (C=O) groups excluding carboxylic acids is 1. The number of aryl methyl sites for hydroxylation is 1. The number of nitro groups is 1. The fourth-order valence-corrected chi connectivity index (χ4v) is 2.60. The van der Waals surface area contributed by atoms with Crippen LogP contribution < -0.4 is 9.47 Å². The van der Waals surface area contributed by atoms with Gasteiger partial charge in [-0.15, -0.1) is 0 Å². The molecule has 7 nitrogen and oxygen atoms in total. The van der Waals surface area contributed by atoms with Crippen LogP contribution in [0.2, 0.25) is 0 Å². The number of nitrogens with zero attached hydrogens (tertiary/aromatic N) is 2. The van der Waals surface area contributed by atoms with Gasteiger partial charge in [0, 0.05) is 13.1 Å². The number of ether oxygens (including phenoxy) is 2. The summed E-state index contributed by atoms with van der Waals surface area (Å²) in [5.74, 6) is 0.177. The van der Waals surface area contributed by atoms with Crippen molar-refractivity contribution in [3.63, 3.8) is 0 Å². The lowest BCUT2D eigenvalue weighted by Crippen LogP contribution is -2.35. The average molecular weight is 372 g/mol. The fraction of sp³-hybridized carbons (Fsp3) is 0.350. The summed E-state index contributed by atoms with van der Waals surface area (Å²) in [7, 11) is 1.43. The normalized spacial score (nSPS) is 10.3. The molecule has 0 saturated carbocycles. The number of hydrogen-bond acceptors (Lipinski definition) is 5. The minimum Gasteiger partial charge on any atom is -0.496 e. The molecule has 144 valence electrons. The van der Waals surface area contributed by atoms with Crippen molar-refractivity contribution >= 4 is 11.6 Å². The molecule has 0 unspecified atom stereocenters. The molecule has 1 amide bonds. The van der Waals surface area contributed by atoms with E-state index >= 15 is 0 Å². The third-order valence-corrected chi connectivity index (χ3v) is 4.05. The second-order valence-corrected chi connectivity index (χ2v) is 6.18. The molecular weight excluding hydrogens is 348 g/mol. The molecule has 0 aliphatic heterocycles. The van der Waals surface area contributed by atoms with Crippen molar-refractivity contribution in [2.24, 2.45) is 0 Å². The monoisotopic (exact) mass is 372 g/mol. The van der Waals surface area contributed by atoms with Gasteiger partial charge >= 0.3 is 5.69 Å². The van der Waals surface area contributed by atoms with E-state index in [-0.39, 0.29) is 24.0 Å². The zero-order valence-electron chi connectivity index (χ0n) is 15.8. The largest absolute Gasteiger partial charge is 0.496 e. The number of benzene rings is 2. The summed E-state index contributed by atoms with van der Waals surface area (Å²) >= 11 is 0. The SMILES string of the molecule is CCCN(Cc1ccc(C)cc1)C(=O)COc1ccc(OC)cc1[N+](=O)[O-]. The van der Waals surface area contributed by atoms with Crippen LogP contribution in [-0.2, 0) is 11.3 Å². The Kier molecular flexibility index (Phi) is 7.16. The average Bonchev–Trinajstić information content (AvgIpc) is 2.67. The van der Waals surface area contributed by atoms with E-state index in [4.69, 9.17) is 9.47 Å². The Hall–Kier alpha value is -3.09. The molecule has 0 heterocycles. The number of rotatable bonds is 9. The van der Waals surface area contributed by atoms with Crippen LogP contribution in [0.3, 0.4) is 0 Å². The third kappa shape index (κ3) is 5.70. The van der Waals surface area contributed by atoms with Crippen molar-refractivity contribution in [1.29, 1.82) is 0 Å². The lowest BCUT2D eigenvalue weighted by molar-refractivity contribution is -0.385. The summed E-state index contributed by atoms with van der Waals surface area (Å²) in [6, 6.07) is 12.2. The molecule has 0 aliphatic rings. The molecule has 0 bridgehead atoms. The number of carbonyl (C=O) groups is 1. The molecule has 2 rings (SSSR count). The molecule has 0 N–H and O–H groups in total. The maximum atomic E-state index is 12.6. The molecule has 0 atom stereocenters. The van der Waals surface area contributed by atoms with Gasteiger partial charge in [-0.05, 0) is 31.0 Å². The van der Waals surface area contributed by atoms with E-state index in [1.165, 1.54) is 19.2 Å². The second-order valence-electron chi connectivity index (χ2n) is 6.18. The summed E-state index contributed by atoms with van der Waals surface area (Å²) in [6.07, 6.45) is 0.806. The van der Waals surface area contributed by atoms with Crippen LogP contribution in [0.15, 0.2) is 42.5 Å². The van der Waals surface area contributed by atoms with Crippen molar-refractivity contribution in [3.05, 3.63) is 63.7 Å². The smallest absolute Gasteiger partial charge is 0.314 e. The Morgan fingerprint density at radius 2 is 1.89 bits per heavy atom. The van der Waals surface area contributed by atoms with Crippen LogP contribution in [0.5, 0.6) is 11.5 Å². The van der Waals surface area contributed by atoms with Crippen LogP contribution in [0, 0.1) is 17.0 Å². The highest BCUT2D eigenvalue weighted by Gasteiger charge is 2.19. The van der Waals surface area contributed by atoms with Gasteiger partial charge in [-0.1, -0.05) is 36.8 Å². The molecule has 0 saturated heterocycles. The minimum atomic E-state index is -0.557. The number of amides is 1. The molecule has 0 fully saturated rings. The van der Waals surface area contributed by atoms with Gasteiger partial charge in [-0.3, -0.25) is 14.9 Å². The second kappa shape index (κ2) is 9.56. The highest BCUT2D eigenvalue weighted by Crippen LogP contribution is 2.31. The van der Waals surface area contributed by atoms with Gasteiger partial charge in [-0.2, -0.15) is 0 Å². The van der Waals surface area contributed by atoms with Gasteiger partial charge in [0.05, 0.1) is 18.1 Å². The van der Waals surface area contributed by atoms with Crippen LogP contribution in [0.25, 0.3) is 0 Å². The Bertz CT molecular complexity index is 789. The van der Waals surface area contributed by atoms with Crippen molar-refractivity contribution in [2.45, 2.75) is 26.8 Å². The van der Waals surface area contributed by atoms with Gasteiger partial charge in [0.1, 0.15) is 5.75 Å². The zero-order valence-corrected chi connectivity index (χ0v) is 15.8. The van der Waals surface area contributed by atoms with Crippen LogP contribution in [0.1, 0.15) is 24.5 Å². The lowest BCUT2D eigenvalue weighted by atomic mass is 10.1. The van der Waals surface area contributed by atoms with E-state index in [0.717, 1.165) is 17.5 Å². The Morgan fingerprint density at radius 1 is 1.19 bits per heavy atom. The minimum absolute atomic E-state index is 0.0425. The molecule has 7 heteroatoms. The molecule has 0 radical (unpaired) electrons. The van der Waals surface area contributed by atoms with E-state index in [0.29, 0.717) is 18.8 Å². The molecule has 2 aromatic rings. The predicted molar refractivity (Wildman–Crippen MR) is 102 cm³/mol. The Labute approximate surface area is 158 Å². The summed E-state index contributed by atoms with van der Waals surface area (Å²) in [5, 5.41) is 11.2. The van der Waals surface area contributed by atoms with Crippen molar-refractivity contribution < 1.29 is 19.2 Å². The van der Waals surface area contributed by atoms with Crippen LogP contribution >= 0.6 is 0 Å². The van der Waals surface area contributed by atoms with E-state index < -0.39 is 4.92 Å².